The Balaban J connectivity index is 1.25. The Morgan fingerprint density at radius 1 is 0.459 bits per heavy atom. The van der Waals surface area contributed by atoms with Gasteiger partial charge in [-0.1, -0.05) is 24.3 Å². The van der Waals surface area contributed by atoms with E-state index < -0.39 is 19.7 Å². The van der Waals surface area contributed by atoms with E-state index in [1.54, 1.807) is 48.5 Å². The first-order chi connectivity index (χ1) is 17.7. The van der Waals surface area contributed by atoms with Gasteiger partial charge in [0.25, 0.3) is 0 Å². The summed E-state index contributed by atoms with van der Waals surface area (Å²) in [5, 5.41) is 18.7. The first-order valence-corrected chi connectivity index (χ1v) is 14.5. The third kappa shape index (κ3) is 6.37. The molecule has 0 saturated heterocycles. The minimum atomic E-state index is -3.65. The topological polar surface area (TPSA) is 118 Å². The molecule has 0 radical (unpaired) electrons. The lowest BCUT2D eigenvalue weighted by atomic mass is 10.1. The normalized spacial score (nSPS) is 11.9. The second-order valence-corrected chi connectivity index (χ2v) is 12.3. The third-order valence-corrected chi connectivity index (χ3v) is 9.40. The lowest BCUT2D eigenvalue weighted by Gasteiger charge is -2.08. The van der Waals surface area contributed by atoms with Crippen LogP contribution in [0, 0.1) is 0 Å². The van der Waals surface area contributed by atoms with Crippen molar-refractivity contribution < 1.29 is 31.8 Å². The molecule has 192 valence electrons. The zero-order chi connectivity index (χ0) is 26.5. The molecule has 0 saturated carbocycles. The first kappa shape index (κ1) is 26.4. The highest BCUT2D eigenvalue weighted by atomic mass is 32.2. The number of ether oxygens (including phenoxy) is 1. The van der Waals surface area contributed by atoms with Gasteiger partial charge in [0, 0.05) is 0 Å². The van der Waals surface area contributed by atoms with E-state index in [2.05, 4.69) is 0 Å². The van der Waals surface area contributed by atoms with E-state index in [-0.39, 0.29) is 31.1 Å². The fraction of sp³-hybridized carbons (Fsp3) is 0.143. The van der Waals surface area contributed by atoms with Gasteiger partial charge in [0.2, 0.25) is 19.7 Å². The summed E-state index contributed by atoms with van der Waals surface area (Å²) in [6, 6.07) is 24.1. The van der Waals surface area contributed by atoms with Crippen LogP contribution >= 0.6 is 0 Å². The standard InChI is InChI=1S/C28H26O7S2/c29-23-5-13-27(14-6-23)36(31,32)25-9-1-21(2-10-25)17-19-35-20-18-22-3-11-26(12-4-22)37(33,34)28-15-7-24(30)8-16-28/h1-16,29-30H,17-20H2. The van der Waals surface area contributed by atoms with Crippen molar-refractivity contribution in [1.29, 1.82) is 0 Å². The van der Waals surface area contributed by atoms with E-state index in [4.69, 9.17) is 4.74 Å². The SMILES string of the molecule is O=S(=O)(c1ccc(O)cc1)c1ccc(CCOCCc2ccc(S(=O)(=O)c3ccc(O)cc3)cc2)cc1. The summed E-state index contributed by atoms with van der Waals surface area (Å²) in [7, 11) is -7.30. The Hall–Kier alpha value is -3.66. The van der Waals surface area contributed by atoms with Crippen molar-refractivity contribution in [2.45, 2.75) is 32.4 Å². The molecule has 0 fully saturated rings. The van der Waals surface area contributed by atoms with Gasteiger partial charge in [-0.15, -0.1) is 0 Å². The molecule has 0 aliphatic heterocycles. The van der Waals surface area contributed by atoms with Crippen molar-refractivity contribution >= 4 is 19.7 Å². The van der Waals surface area contributed by atoms with Gasteiger partial charge in [0.15, 0.2) is 0 Å². The monoisotopic (exact) mass is 538 g/mol. The van der Waals surface area contributed by atoms with Crippen molar-refractivity contribution in [2.24, 2.45) is 0 Å². The van der Waals surface area contributed by atoms with E-state index >= 15 is 0 Å². The van der Waals surface area contributed by atoms with Crippen molar-refractivity contribution in [3.8, 4) is 11.5 Å². The molecule has 0 bridgehead atoms. The summed E-state index contributed by atoms with van der Waals surface area (Å²) < 4.78 is 56.5. The highest BCUT2D eigenvalue weighted by molar-refractivity contribution is 7.91. The van der Waals surface area contributed by atoms with Gasteiger partial charge in [-0.25, -0.2) is 16.8 Å². The van der Waals surface area contributed by atoms with Gasteiger partial charge in [-0.3, -0.25) is 0 Å². The highest BCUT2D eigenvalue weighted by Gasteiger charge is 2.18. The minimum absolute atomic E-state index is 0.00451. The summed E-state index contributed by atoms with van der Waals surface area (Å²) in [6.07, 6.45) is 1.23. The number of phenolic OH excluding ortho intramolecular Hbond substituents is 2. The molecule has 0 unspecified atom stereocenters. The van der Waals surface area contributed by atoms with Gasteiger partial charge >= 0.3 is 0 Å². The fourth-order valence-electron chi connectivity index (χ4n) is 3.68. The van der Waals surface area contributed by atoms with Crippen LogP contribution in [-0.4, -0.2) is 40.3 Å². The molecule has 4 aromatic carbocycles. The van der Waals surface area contributed by atoms with Crippen LogP contribution in [0.25, 0.3) is 0 Å². The zero-order valence-electron chi connectivity index (χ0n) is 19.8. The molecule has 0 atom stereocenters. The van der Waals surface area contributed by atoms with Crippen molar-refractivity contribution in [3.05, 3.63) is 108 Å². The molecular formula is C28H26O7S2. The van der Waals surface area contributed by atoms with Crippen molar-refractivity contribution in [2.75, 3.05) is 13.2 Å². The molecule has 0 aliphatic rings. The van der Waals surface area contributed by atoms with E-state index in [0.29, 0.717) is 26.1 Å². The molecule has 4 aromatic rings. The Kier molecular flexibility index (Phi) is 7.97. The summed E-state index contributed by atoms with van der Waals surface area (Å²) in [6.45, 7) is 0.911. The Bertz CT molecular complexity index is 1420. The molecule has 4 rings (SSSR count). The van der Waals surface area contributed by atoms with E-state index in [9.17, 15) is 27.0 Å². The van der Waals surface area contributed by atoms with Crippen LogP contribution in [0.5, 0.6) is 11.5 Å². The Morgan fingerprint density at radius 2 is 0.730 bits per heavy atom. The maximum absolute atomic E-state index is 12.7. The third-order valence-electron chi connectivity index (χ3n) is 5.83. The number of rotatable bonds is 10. The highest BCUT2D eigenvalue weighted by Crippen LogP contribution is 2.24. The number of aromatic hydroxyl groups is 2. The molecule has 0 heterocycles. The van der Waals surface area contributed by atoms with Crippen LogP contribution in [0.1, 0.15) is 11.1 Å². The zero-order valence-corrected chi connectivity index (χ0v) is 21.5. The number of hydrogen-bond acceptors (Lipinski definition) is 7. The first-order valence-electron chi connectivity index (χ1n) is 11.5. The molecule has 2 N–H and O–H groups in total. The number of phenols is 2. The van der Waals surface area contributed by atoms with Crippen LogP contribution in [0.3, 0.4) is 0 Å². The molecule has 37 heavy (non-hydrogen) atoms. The molecule has 9 heteroatoms. The van der Waals surface area contributed by atoms with E-state index in [1.165, 1.54) is 48.5 Å². The molecule has 0 spiro atoms. The molecule has 0 aromatic heterocycles. The molecule has 0 aliphatic carbocycles. The fourth-order valence-corrected chi connectivity index (χ4v) is 6.20. The lowest BCUT2D eigenvalue weighted by Crippen LogP contribution is -2.05. The Morgan fingerprint density at radius 3 is 1.03 bits per heavy atom. The number of benzene rings is 4. The van der Waals surface area contributed by atoms with Gasteiger partial charge in [-0.2, -0.15) is 0 Å². The second kappa shape index (κ2) is 11.2. The predicted octanol–water partition coefficient (Wildman–Crippen LogP) is 4.57. The predicted molar refractivity (Wildman–Crippen MR) is 138 cm³/mol. The van der Waals surface area contributed by atoms with Crippen LogP contribution in [-0.2, 0) is 37.3 Å². The maximum Gasteiger partial charge on any atom is 0.206 e. The summed E-state index contributed by atoms with van der Waals surface area (Å²) >= 11 is 0. The second-order valence-electron chi connectivity index (χ2n) is 8.39. The molecule has 0 amide bonds. The van der Waals surface area contributed by atoms with Gasteiger partial charge in [-0.05, 0) is 96.8 Å². The van der Waals surface area contributed by atoms with Crippen LogP contribution < -0.4 is 0 Å². The molecular weight excluding hydrogens is 512 g/mol. The average Bonchev–Trinajstić information content (AvgIpc) is 2.89. The lowest BCUT2D eigenvalue weighted by molar-refractivity contribution is 0.140. The quantitative estimate of drug-likeness (QED) is 0.284. The van der Waals surface area contributed by atoms with Crippen LogP contribution in [0.2, 0.25) is 0 Å². The number of hydrogen-bond donors (Lipinski definition) is 2. The summed E-state index contributed by atoms with van der Waals surface area (Å²) in [5.74, 6) is 0.00902. The molecule has 7 nitrogen and oxygen atoms in total. The number of sulfone groups is 2. The minimum Gasteiger partial charge on any atom is -0.508 e. The van der Waals surface area contributed by atoms with Crippen LogP contribution in [0.15, 0.2) is 117 Å². The smallest absolute Gasteiger partial charge is 0.206 e. The largest absolute Gasteiger partial charge is 0.508 e. The van der Waals surface area contributed by atoms with Gasteiger partial charge < -0.3 is 14.9 Å². The Labute approximate surface area is 216 Å². The van der Waals surface area contributed by atoms with E-state index in [1.807, 2.05) is 0 Å². The summed E-state index contributed by atoms with van der Waals surface area (Å²) in [4.78, 5) is 0.595. The van der Waals surface area contributed by atoms with E-state index in [0.717, 1.165) is 11.1 Å². The van der Waals surface area contributed by atoms with Gasteiger partial charge in [0.1, 0.15) is 11.5 Å². The van der Waals surface area contributed by atoms with Gasteiger partial charge in [0.05, 0.1) is 32.8 Å². The maximum atomic E-state index is 12.7. The average molecular weight is 539 g/mol. The van der Waals surface area contributed by atoms with Crippen LogP contribution in [0.4, 0.5) is 0 Å². The van der Waals surface area contributed by atoms with Crippen molar-refractivity contribution in [3.63, 3.8) is 0 Å². The summed E-state index contributed by atoms with van der Waals surface area (Å²) in [5.41, 5.74) is 1.88. The van der Waals surface area contributed by atoms with Crippen molar-refractivity contribution in [1.82, 2.24) is 0 Å².